The van der Waals surface area contributed by atoms with Gasteiger partial charge in [-0.15, -0.1) is 0 Å². The number of aliphatic carboxylic acids is 1. The van der Waals surface area contributed by atoms with Gasteiger partial charge in [0.2, 0.25) is 0 Å². The number of hydrogen-bond donors (Lipinski definition) is 2. The van der Waals surface area contributed by atoms with Crippen molar-refractivity contribution in [2.45, 2.75) is 12.0 Å². The van der Waals surface area contributed by atoms with Gasteiger partial charge in [-0.3, -0.25) is 0 Å². The minimum Gasteiger partial charge on any atom is -0.479 e. The van der Waals surface area contributed by atoms with E-state index in [0.717, 1.165) is 16.3 Å². The number of carboxylic acid groups (broad SMARTS) is 1. The summed E-state index contributed by atoms with van der Waals surface area (Å²) in [4.78, 5) is 11.3. The van der Waals surface area contributed by atoms with E-state index in [1.165, 1.54) is 0 Å². The lowest BCUT2D eigenvalue weighted by Crippen LogP contribution is -2.36. The highest BCUT2D eigenvalue weighted by atomic mass is 16.4. The molecule has 0 heterocycles. The van der Waals surface area contributed by atoms with Gasteiger partial charge < -0.3 is 10.2 Å². The smallest absolute Gasteiger partial charge is 0.340 e. The molecule has 1 unspecified atom stereocenters. The van der Waals surface area contributed by atoms with E-state index in [2.05, 4.69) is 0 Å². The molecule has 0 spiro atoms. The molecule has 0 amide bonds. The number of carboxylic acids is 1. The van der Waals surface area contributed by atoms with Gasteiger partial charge in [0.25, 0.3) is 0 Å². The zero-order chi connectivity index (χ0) is 12.8. The number of hydrogen-bond acceptors (Lipinski definition) is 2. The summed E-state index contributed by atoms with van der Waals surface area (Å²) >= 11 is 0. The van der Waals surface area contributed by atoms with Crippen LogP contribution in [0.5, 0.6) is 0 Å². The third kappa shape index (κ3) is 1.45. The average Bonchev–Trinajstić information content (AvgIpc) is 2.37. The van der Waals surface area contributed by atoms with Crippen LogP contribution in [0.25, 0.3) is 16.8 Å². The van der Waals surface area contributed by atoms with Crippen molar-refractivity contribution < 1.29 is 15.0 Å². The summed E-state index contributed by atoms with van der Waals surface area (Å²) in [7, 11) is 0. The summed E-state index contributed by atoms with van der Waals surface area (Å²) in [6, 6.07) is 11.4. The summed E-state index contributed by atoms with van der Waals surface area (Å²) in [6.07, 6.45) is 3.66. The molecule has 18 heavy (non-hydrogen) atoms. The van der Waals surface area contributed by atoms with Crippen LogP contribution in [0.15, 0.2) is 42.5 Å². The van der Waals surface area contributed by atoms with Crippen molar-refractivity contribution in [2.24, 2.45) is 0 Å². The monoisotopic (exact) mass is 240 g/mol. The first kappa shape index (κ1) is 11.0. The molecule has 3 nitrogen and oxygen atoms in total. The molecule has 1 aliphatic rings. The van der Waals surface area contributed by atoms with Crippen LogP contribution in [0.3, 0.4) is 0 Å². The standard InChI is InChI=1S/C15H12O3/c16-14(17)15(18)7-3-6-12-8-10-4-1-2-5-11(10)9-13(12)15/h1-6,8-9,18H,7H2,(H,16,17). The van der Waals surface area contributed by atoms with E-state index in [-0.39, 0.29) is 6.42 Å². The molecule has 1 atom stereocenters. The molecule has 2 N–H and O–H groups in total. The third-order valence-corrected chi connectivity index (χ3v) is 3.43. The molecule has 90 valence electrons. The van der Waals surface area contributed by atoms with Crippen molar-refractivity contribution in [3.63, 3.8) is 0 Å². The number of fused-ring (bicyclic) bond motifs is 2. The first-order valence-corrected chi connectivity index (χ1v) is 5.77. The van der Waals surface area contributed by atoms with Gasteiger partial charge in [-0.2, -0.15) is 0 Å². The van der Waals surface area contributed by atoms with Gasteiger partial charge in [-0.25, -0.2) is 4.79 Å². The molecule has 2 aromatic rings. The maximum Gasteiger partial charge on any atom is 0.340 e. The van der Waals surface area contributed by atoms with Crippen LogP contribution in [0.1, 0.15) is 17.5 Å². The second-order valence-electron chi connectivity index (χ2n) is 4.56. The molecule has 2 aromatic carbocycles. The van der Waals surface area contributed by atoms with Crippen LogP contribution >= 0.6 is 0 Å². The van der Waals surface area contributed by atoms with Gasteiger partial charge in [0.1, 0.15) is 0 Å². The zero-order valence-corrected chi connectivity index (χ0v) is 9.63. The molecular formula is C15H12O3. The van der Waals surface area contributed by atoms with E-state index in [1.54, 1.807) is 12.1 Å². The van der Waals surface area contributed by atoms with E-state index < -0.39 is 11.6 Å². The Morgan fingerprint density at radius 2 is 1.83 bits per heavy atom. The molecule has 0 aromatic heterocycles. The van der Waals surface area contributed by atoms with E-state index in [4.69, 9.17) is 0 Å². The average molecular weight is 240 g/mol. The molecule has 0 bridgehead atoms. The maximum atomic E-state index is 11.3. The fourth-order valence-corrected chi connectivity index (χ4v) is 2.42. The van der Waals surface area contributed by atoms with E-state index in [0.29, 0.717) is 5.56 Å². The van der Waals surface area contributed by atoms with Crippen LogP contribution in [-0.4, -0.2) is 16.2 Å². The van der Waals surface area contributed by atoms with Gasteiger partial charge in [-0.05, 0) is 28.5 Å². The normalized spacial score (nSPS) is 21.8. The first-order valence-electron chi connectivity index (χ1n) is 5.77. The number of carbonyl (C=O) groups is 1. The van der Waals surface area contributed by atoms with E-state index in [9.17, 15) is 15.0 Å². The predicted molar refractivity (Wildman–Crippen MR) is 69.1 cm³/mol. The lowest BCUT2D eigenvalue weighted by Gasteiger charge is -2.27. The fraction of sp³-hybridized carbons (Fsp3) is 0.133. The molecule has 1 aliphatic carbocycles. The van der Waals surface area contributed by atoms with E-state index in [1.807, 2.05) is 36.4 Å². The minimum atomic E-state index is -1.81. The fourth-order valence-electron chi connectivity index (χ4n) is 2.42. The Balaban J connectivity index is 2.33. The summed E-state index contributed by atoms with van der Waals surface area (Å²) in [5.41, 5.74) is -0.574. The quantitative estimate of drug-likeness (QED) is 0.805. The molecule has 0 aliphatic heterocycles. The van der Waals surface area contributed by atoms with Crippen LogP contribution < -0.4 is 0 Å². The largest absolute Gasteiger partial charge is 0.479 e. The number of rotatable bonds is 1. The Labute approximate surface area is 104 Å². The van der Waals surface area contributed by atoms with Crippen molar-refractivity contribution in [1.82, 2.24) is 0 Å². The molecule has 0 fully saturated rings. The Bertz CT molecular complexity index is 672. The van der Waals surface area contributed by atoms with Crippen LogP contribution in [0, 0.1) is 0 Å². The zero-order valence-electron chi connectivity index (χ0n) is 9.63. The topological polar surface area (TPSA) is 57.5 Å². The highest BCUT2D eigenvalue weighted by Gasteiger charge is 2.40. The SMILES string of the molecule is O=C(O)C1(O)CC=Cc2cc3ccccc3cc21. The molecule has 3 rings (SSSR count). The van der Waals surface area contributed by atoms with Crippen LogP contribution in [0.2, 0.25) is 0 Å². The van der Waals surface area contributed by atoms with Gasteiger partial charge in [-0.1, -0.05) is 36.4 Å². The number of benzene rings is 2. The lowest BCUT2D eigenvalue weighted by molar-refractivity contribution is -0.159. The second kappa shape index (κ2) is 3.68. The molecule has 0 saturated heterocycles. The van der Waals surface area contributed by atoms with Crippen molar-refractivity contribution in [1.29, 1.82) is 0 Å². The highest BCUT2D eigenvalue weighted by molar-refractivity contribution is 5.90. The van der Waals surface area contributed by atoms with Crippen LogP contribution in [0.4, 0.5) is 0 Å². The summed E-state index contributed by atoms with van der Waals surface area (Å²) in [5, 5.41) is 21.5. The van der Waals surface area contributed by atoms with Crippen molar-refractivity contribution in [3.8, 4) is 0 Å². The molecule has 3 heteroatoms. The van der Waals surface area contributed by atoms with Gasteiger partial charge >= 0.3 is 5.97 Å². The Hall–Kier alpha value is -2.13. The number of aliphatic hydroxyl groups is 1. The van der Waals surface area contributed by atoms with Gasteiger partial charge in [0.15, 0.2) is 5.60 Å². The highest BCUT2D eigenvalue weighted by Crippen LogP contribution is 2.36. The van der Waals surface area contributed by atoms with Crippen LogP contribution in [-0.2, 0) is 10.4 Å². The maximum absolute atomic E-state index is 11.3. The molecular weight excluding hydrogens is 228 g/mol. The van der Waals surface area contributed by atoms with Gasteiger partial charge in [0, 0.05) is 12.0 Å². The van der Waals surface area contributed by atoms with Crippen molar-refractivity contribution in [2.75, 3.05) is 0 Å². The molecule has 0 saturated carbocycles. The molecule has 0 radical (unpaired) electrons. The van der Waals surface area contributed by atoms with E-state index >= 15 is 0 Å². The predicted octanol–water partition coefficient (Wildman–Crippen LogP) is 2.53. The van der Waals surface area contributed by atoms with Gasteiger partial charge in [0.05, 0.1) is 0 Å². The Kier molecular flexibility index (Phi) is 2.25. The summed E-state index contributed by atoms with van der Waals surface area (Å²) in [6.45, 7) is 0. The first-order chi connectivity index (χ1) is 8.61. The van der Waals surface area contributed by atoms with Crippen molar-refractivity contribution >= 4 is 22.8 Å². The third-order valence-electron chi connectivity index (χ3n) is 3.43. The summed E-state index contributed by atoms with van der Waals surface area (Å²) < 4.78 is 0. The minimum absolute atomic E-state index is 0.105. The van der Waals surface area contributed by atoms with Crippen molar-refractivity contribution in [3.05, 3.63) is 53.6 Å². The summed E-state index contributed by atoms with van der Waals surface area (Å²) in [5.74, 6) is -1.21. The second-order valence-corrected chi connectivity index (χ2v) is 4.56. The Morgan fingerprint density at radius 3 is 2.50 bits per heavy atom. The lowest BCUT2D eigenvalue weighted by atomic mass is 9.82. The Morgan fingerprint density at radius 1 is 1.17 bits per heavy atom.